The van der Waals surface area contributed by atoms with Crippen LogP contribution >= 0.6 is 0 Å². The number of rotatable bonds is 4. The molecule has 4 nitrogen and oxygen atoms in total. The number of para-hydroxylation sites is 1. The van der Waals surface area contributed by atoms with Gasteiger partial charge >= 0.3 is 0 Å². The van der Waals surface area contributed by atoms with Gasteiger partial charge in [-0.2, -0.15) is 0 Å². The molecule has 1 aromatic carbocycles. The van der Waals surface area contributed by atoms with Crippen LogP contribution in [0.1, 0.15) is 26.3 Å². The Labute approximate surface area is 126 Å². The Hall–Kier alpha value is -2.10. The first-order chi connectivity index (χ1) is 9.89. The summed E-state index contributed by atoms with van der Waals surface area (Å²) in [5.41, 5.74) is 2.88. The third-order valence-corrected chi connectivity index (χ3v) is 3.38. The van der Waals surface area contributed by atoms with Crippen molar-refractivity contribution >= 4 is 22.5 Å². The fourth-order valence-electron chi connectivity index (χ4n) is 2.12. The fourth-order valence-corrected chi connectivity index (χ4v) is 2.12. The first kappa shape index (κ1) is 15.3. The van der Waals surface area contributed by atoms with Crippen LogP contribution < -0.4 is 10.6 Å². The van der Waals surface area contributed by atoms with E-state index in [0.717, 1.165) is 22.2 Å². The van der Waals surface area contributed by atoms with E-state index in [1.165, 1.54) is 0 Å². The average molecular weight is 285 g/mol. The first-order valence-electron chi connectivity index (χ1n) is 7.26. The molecule has 2 rings (SSSR count). The number of aryl methyl sites for hydroxylation is 1. The van der Waals surface area contributed by atoms with Crippen LogP contribution in [0.5, 0.6) is 0 Å². The molecule has 4 heteroatoms. The van der Waals surface area contributed by atoms with Gasteiger partial charge in [-0.25, -0.2) is 0 Å². The lowest BCUT2D eigenvalue weighted by molar-refractivity contribution is -0.128. The van der Waals surface area contributed by atoms with Crippen LogP contribution in [0.2, 0.25) is 0 Å². The van der Waals surface area contributed by atoms with Gasteiger partial charge in [0.1, 0.15) is 0 Å². The molecular formula is C17H23N3O. The van der Waals surface area contributed by atoms with Gasteiger partial charge in [0.25, 0.3) is 0 Å². The SMILES string of the molecule is Cc1cccc2c(NCCNC(=O)C(C)(C)C)ccnc12. The van der Waals surface area contributed by atoms with Gasteiger partial charge in [0.15, 0.2) is 0 Å². The maximum atomic E-state index is 11.8. The number of benzene rings is 1. The predicted molar refractivity (Wildman–Crippen MR) is 87.4 cm³/mol. The number of aromatic nitrogens is 1. The molecule has 0 saturated heterocycles. The minimum Gasteiger partial charge on any atom is -0.383 e. The number of nitrogens with zero attached hydrogens (tertiary/aromatic N) is 1. The molecule has 1 aromatic heterocycles. The number of amides is 1. The molecule has 0 spiro atoms. The lowest BCUT2D eigenvalue weighted by Crippen LogP contribution is -2.37. The fraction of sp³-hybridized carbons (Fsp3) is 0.412. The number of fused-ring (bicyclic) bond motifs is 1. The zero-order valence-electron chi connectivity index (χ0n) is 13.2. The standard InChI is InChI=1S/C17H23N3O/c1-12-6-5-7-13-14(8-9-19-15(12)13)18-10-11-20-16(21)17(2,3)4/h5-9H,10-11H2,1-4H3,(H,18,19)(H,20,21). The molecule has 0 saturated carbocycles. The van der Waals surface area contributed by atoms with E-state index in [1.54, 1.807) is 0 Å². The molecule has 21 heavy (non-hydrogen) atoms. The molecular weight excluding hydrogens is 262 g/mol. The summed E-state index contributed by atoms with van der Waals surface area (Å²) in [6.07, 6.45) is 1.81. The maximum absolute atomic E-state index is 11.8. The third kappa shape index (κ3) is 3.72. The van der Waals surface area contributed by atoms with Crippen LogP contribution in [-0.2, 0) is 4.79 Å². The van der Waals surface area contributed by atoms with Gasteiger partial charge in [0.05, 0.1) is 5.52 Å². The van der Waals surface area contributed by atoms with Crippen molar-refractivity contribution in [3.05, 3.63) is 36.0 Å². The van der Waals surface area contributed by atoms with Crippen LogP contribution in [0.4, 0.5) is 5.69 Å². The Morgan fingerprint density at radius 3 is 2.67 bits per heavy atom. The number of hydrogen-bond acceptors (Lipinski definition) is 3. The van der Waals surface area contributed by atoms with E-state index in [2.05, 4.69) is 34.7 Å². The Morgan fingerprint density at radius 2 is 1.95 bits per heavy atom. The second kappa shape index (κ2) is 6.12. The summed E-state index contributed by atoms with van der Waals surface area (Å²) in [6.45, 7) is 9.09. The summed E-state index contributed by atoms with van der Waals surface area (Å²) in [6, 6.07) is 8.12. The van der Waals surface area contributed by atoms with Gasteiger partial charge in [0.2, 0.25) is 5.91 Å². The van der Waals surface area contributed by atoms with Gasteiger partial charge in [-0.1, -0.05) is 39.0 Å². The highest BCUT2D eigenvalue weighted by atomic mass is 16.2. The Morgan fingerprint density at radius 1 is 1.19 bits per heavy atom. The van der Waals surface area contributed by atoms with Crippen molar-refractivity contribution in [3.63, 3.8) is 0 Å². The summed E-state index contributed by atoms with van der Waals surface area (Å²) in [7, 11) is 0. The Bertz CT molecular complexity index is 644. The van der Waals surface area contributed by atoms with Crippen LogP contribution in [0.3, 0.4) is 0 Å². The van der Waals surface area contributed by atoms with Gasteiger partial charge < -0.3 is 10.6 Å². The quantitative estimate of drug-likeness (QED) is 0.849. The molecule has 0 unspecified atom stereocenters. The van der Waals surface area contributed by atoms with E-state index in [4.69, 9.17) is 0 Å². The maximum Gasteiger partial charge on any atom is 0.225 e. The lowest BCUT2D eigenvalue weighted by Gasteiger charge is -2.18. The molecule has 0 aliphatic carbocycles. The predicted octanol–water partition coefficient (Wildman–Crippen LogP) is 3.12. The molecule has 2 N–H and O–H groups in total. The van der Waals surface area contributed by atoms with E-state index >= 15 is 0 Å². The highest BCUT2D eigenvalue weighted by Crippen LogP contribution is 2.23. The molecule has 1 amide bonds. The van der Waals surface area contributed by atoms with Crippen molar-refractivity contribution in [2.75, 3.05) is 18.4 Å². The van der Waals surface area contributed by atoms with Gasteiger partial charge in [-0.05, 0) is 18.6 Å². The van der Waals surface area contributed by atoms with Gasteiger partial charge in [-0.3, -0.25) is 9.78 Å². The number of pyridine rings is 1. The summed E-state index contributed by atoms with van der Waals surface area (Å²) < 4.78 is 0. The summed E-state index contributed by atoms with van der Waals surface area (Å²) in [5, 5.41) is 7.41. The lowest BCUT2D eigenvalue weighted by atomic mass is 9.96. The topological polar surface area (TPSA) is 54.0 Å². The molecule has 0 fully saturated rings. The summed E-state index contributed by atoms with van der Waals surface area (Å²) in [5.74, 6) is 0.0692. The monoisotopic (exact) mass is 285 g/mol. The molecule has 0 aliphatic rings. The minimum atomic E-state index is -0.347. The Kier molecular flexibility index (Phi) is 4.46. The van der Waals surface area contributed by atoms with Crippen molar-refractivity contribution in [3.8, 4) is 0 Å². The molecule has 112 valence electrons. The molecule has 0 radical (unpaired) electrons. The van der Waals surface area contributed by atoms with Crippen molar-refractivity contribution in [1.82, 2.24) is 10.3 Å². The van der Waals surface area contributed by atoms with Crippen LogP contribution in [0.15, 0.2) is 30.5 Å². The molecule has 2 aromatic rings. The van der Waals surface area contributed by atoms with Crippen molar-refractivity contribution < 1.29 is 4.79 Å². The van der Waals surface area contributed by atoms with Crippen molar-refractivity contribution in [2.24, 2.45) is 5.41 Å². The van der Waals surface area contributed by atoms with Gasteiger partial charge in [0, 0.05) is 35.8 Å². The second-order valence-corrected chi connectivity index (χ2v) is 6.26. The zero-order chi connectivity index (χ0) is 15.5. The first-order valence-corrected chi connectivity index (χ1v) is 7.26. The third-order valence-electron chi connectivity index (χ3n) is 3.38. The van der Waals surface area contributed by atoms with E-state index in [-0.39, 0.29) is 11.3 Å². The van der Waals surface area contributed by atoms with E-state index in [1.807, 2.05) is 39.1 Å². The molecule has 0 bridgehead atoms. The minimum absolute atomic E-state index is 0.0692. The van der Waals surface area contributed by atoms with Gasteiger partial charge in [-0.15, -0.1) is 0 Å². The highest BCUT2D eigenvalue weighted by molar-refractivity contribution is 5.92. The molecule has 0 atom stereocenters. The number of anilines is 1. The Balaban J connectivity index is 1.99. The van der Waals surface area contributed by atoms with Crippen LogP contribution in [-0.4, -0.2) is 24.0 Å². The molecule has 0 aliphatic heterocycles. The number of carbonyl (C=O) groups is 1. The summed E-state index contributed by atoms with van der Waals surface area (Å²) >= 11 is 0. The highest BCUT2D eigenvalue weighted by Gasteiger charge is 2.20. The zero-order valence-corrected chi connectivity index (χ0v) is 13.2. The smallest absolute Gasteiger partial charge is 0.225 e. The van der Waals surface area contributed by atoms with E-state index in [0.29, 0.717) is 13.1 Å². The summed E-state index contributed by atoms with van der Waals surface area (Å²) in [4.78, 5) is 16.2. The number of nitrogens with one attached hydrogen (secondary N) is 2. The normalized spacial score (nSPS) is 11.4. The van der Waals surface area contributed by atoms with E-state index < -0.39 is 0 Å². The van der Waals surface area contributed by atoms with Crippen molar-refractivity contribution in [1.29, 1.82) is 0 Å². The van der Waals surface area contributed by atoms with Crippen LogP contribution in [0, 0.1) is 12.3 Å². The second-order valence-electron chi connectivity index (χ2n) is 6.26. The number of hydrogen-bond donors (Lipinski definition) is 2. The average Bonchev–Trinajstić information content (AvgIpc) is 2.43. The van der Waals surface area contributed by atoms with Crippen LogP contribution in [0.25, 0.3) is 10.9 Å². The number of carbonyl (C=O) groups excluding carboxylic acids is 1. The van der Waals surface area contributed by atoms with E-state index in [9.17, 15) is 4.79 Å². The van der Waals surface area contributed by atoms with Crippen molar-refractivity contribution in [2.45, 2.75) is 27.7 Å². The largest absolute Gasteiger partial charge is 0.383 e. The molecule has 1 heterocycles.